The molecule has 0 aromatic heterocycles. The molecule has 0 saturated heterocycles. The number of benzene rings is 2. The molecule has 0 saturated carbocycles. The van der Waals surface area contributed by atoms with Gasteiger partial charge in [0.2, 0.25) is 0 Å². The van der Waals surface area contributed by atoms with Crippen LogP contribution in [0.1, 0.15) is 60.2 Å². The molecule has 0 heterocycles. The first kappa shape index (κ1) is 24.1. The SMILES string of the molecule is CCCCC(CC)C(=O)OC(COC(=O)c1ccccc1)COC(=O)c1ccccc1. The Hall–Kier alpha value is -3.15. The molecule has 0 N–H and O–H groups in total. The van der Waals surface area contributed by atoms with E-state index in [1.165, 1.54) is 0 Å². The predicted octanol–water partition coefficient (Wildman–Crippen LogP) is 4.83. The smallest absolute Gasteiger partial charge is 0.338 e. The van der Waals surface area contributed by atoms with Crippen molar-refractivity contribution in [3.05, 3.63) is 71.8 Å². The molecule has 0 bridgehead atoms. The molecule has 2 aromatic rings. The average molecular weight is 427 g/mol. The molecule has 6 nitrogen and oxygen atoms in total. The van der Waals surface area contributed by atoms with E-state index < -0.39 is 18.0 Å². The lowest BCUT2D eigenvalue weighted by Crippen LogP contribution is -2.33. The molecule has 0 radical (unpaired) electrons. The van der Waals surface area contributed by atoms with Gasteiger partial charge in [0.15, 0.2) is 6.10 Å². The van der Waals surface area contributed by atoms with Crippen molar-refractivity contribution >= 4 is 17.9 Å². The van der Waals surface area contributed by atoms with Crippen molar-refractivity contribution in [2.24, 2.45) is 5.92 Å². The Balaban J connectivity index is 2.00. The van der Waals surface area contributed by atoms with E-state index >= 15 is 0 Å². The summed E-state index contributed by atoms with van der Waals surface area (Å²) >= 11 is 0. The largest absolute Gasteiger partial charge is 0.458 e. The summed E-state index contributed by atoms with van der Waals surface area (Å²) < 4.78 is 16.2. The van der Waals surface area contributed by atoms with Gasteiger partial charge in [0.1, 0.15) is 13.2 Å². The Labute approximate surface area is 183 Å². The third-order valence-corrected chi connectivity index (χ3v) is 4.83. The van der Waals surface area contributed by atoms with E-state index in [9.17, 15) is 14.4 Å². The van der Waals surface area contributed by atoms with E-state index in [0.29, 0.717) is 17.5 Å². The fourth-order valence-corrected chi connectivity index (χ4v) is 2.97. The molecule has 1 unspecified atom stereocenters. The van der Waals surface area contributed by atoms with Gasteiger partial charge in [0.25, 0.3) is 0 Å². The van der Waals surface area contributed by atoms with Gasteiger partial charge in [-0.1, -0.05) is 63.1 Å². The van der Waals surface area contributed by atoms with E-state index in [1.807, 2.05) is 6.92 Å². The van der Waals surface area contributed by atoms with Crippen LogP contribution >= 0.6 is 0 Å². The molecular formula is C25H30O6. The topological polar surface area (TPSA) is 78.9 Å². The van der Waals surface area contributed by atoms with Gasteiger partial charge in [-0.05, 0) is 37.1 Å². The lowest BCUT2D eigenvalue weighted by Gasteiger charge is -2.21. The van der Waals surface area contributed by atoms with E-state index in [-0.39, 0.29) is 25.1 Å². The first-order valence-corrected chi connectivity index (χ1v) is 10.7. The zero-order chi connectivity index (χ0) is 22.5. The van der Waals surface area contributed by atoms with Crippen LogP contribution in [0, 0.1) is 5.92 Å². The molecule has 31 heavy (non-hydrogen) atoms. The predicted molar refractivity (Wildman–Crippen MR) is 117 cm³/mol. The van der Waals surface area contributed by atoms with E-state index in [4.69, 9.17) is 14.2 Å². The minimum absolute atomic E-state index is 0.203. The monoisotopic (exact) mass is 426 g/mol. The molecular weight excluding hydrogens is 396 g/mol. The minimum Gasteiger partial charge on any atom is -0.458 e. The van der Waals surface area contributed by atoms with Gasteiger partial charge in [0, 0.05) is 0 Å². The Morgan fingerprint density at radius 3 is 1.68 bits per heavy atom. The first-order valence-electron chi connectivity index (χ1n) is 10.7. The molecule has 0 spiro atoms. The highest BCUT2D eigenvalue weighted by Crippen LogP contribution is 2.16. The third-order valence-electron chi connectivity index (χ3n) is 4.83. The van der Waals surface area contributed by atoms with Crippen LogP contribution in [-0.2, 0) is 19.0 Å². The quantitative estimate of drug-likeness (QED) is 0.357. The highest BCUT2D eigenvalue weighted by molar-refractivity contribution is 5.89. The summed E-state index contributed by atoms with van der Waals surface area (Å²) in [5.74, 6) is -1.67. The summed E-state index contributed by atoms with van der Waals surface area (Å²) in [6, 6.07) is 17.1. The summed E-state index contributed by atoms with van der Waals surface area (Å²) in [6.07, 6.45) is 2.40. The van der Waals surface area contributed by atoms with E-state index in [1.54, 1.807) is 60.7 Å². The highest BCUT2D eigenvalue weighted by Gasteiger charge is 2.24. The van der Waals surface area contributed by atoms with Crippen molar-refractivity contribution in [1.82, 2.24) is 0 Å². The molecule has 1 atom stereocenters. The number of esters is 3. The third kappa shape index (κ3) is 8.24. The van der Waals surface area contributed by atoms with Crippen molar-refractivity contribution in [3.63, 3.8) is 0 Å². The van der Waals surface area contributed by atoms with Crippen LogP contribution in [0.5, 0.6) is 0 Å². The average Bonchev–Trinajstić information content (AvgIpc) is 2.82. The number of ether oxygens (including phenoxy) is 3. The number of rotatable bonds is 12. The number of hydrogen-bond acceptors (Lipinski definition) is 6. The molecule has 2 rings (SSSR count). The summed E-state index contributed by atoms with van der Waals surface area (Å²) in [5.41, 5.74) is 0.784. The molecule has 0 aliphatic carbocycles. The van der Waals surface area contributed by atoms with E-state index in [0.717, 1.165) is 19.3 Å². The lowest BCUT2D eigenvalue weighted by atomic mass is 10.00. The second-order valence-corrected chi connectivity index (χ2v) is 7.24. The van der Waals surface area contributed by atoms with Gasteiger partial charge in [-0.15, -0.1) is 0 Å². The number of carbonyl (C=O) groups is 3. The molecule has 6 heteroatoms. The van der Waals surface area contributed by atoms with Crippen molar-refractivity contribution in [2.75, 3.05) is 13.2 Å². The lowest BCUT2D eigenvalue weighted by molar-refractivity contribution is -0.159. The van der Waals surface area contributed by atoms with Crippen LogP contribution in [0.3, 0.4) is 0 Å². The molecule has 166 valence electrons. The first-order chi connectivity index (χ1) is 15.0. The number of hydrogen-bond donors (Lipinski definition) is 0. The zero-order valence-corrected chi connectivity index (χ0v) is 18.1. The van der Waals surface area contributed by atoms with Crippen LogP contribution in [0.4, 0.5) is 0 Å². The maximum atomic E-state index is 12.6. The molecule has 2 aromatic carbocycles. The molecule has 0 aliphatic rings. The summed E-state index contributed by atoms with van der Waals surface area (Å²) in [7, 11) is 0. The fraction of sp³-hybridized carbons (Fsp3) is 0.400. The molecule has 0 fully saturated rings. The maximum absolute atomic E-state index is 12.6. The van der Waals surface area contributed by atoms with Gasteiger partial charge in [-0.25, -0.2) is 9.59 Å². The van der Waals surface area contributed by atoms with Gasteiger partial charge in [-0.3, -0.25) is 4.79 Å². The standard InChI is InChI=1S/C25H30O6/c1-3-5-12-19(4-2)25(28)31-22(17-29-23(26)20-13-8-6-9-14-20)18-30-24(27)21-15-10-7-11-16-21/h6-11,13-16,19,22H,3-5,12,17-18H2,1-2H3. The second kappa shape index (κ2) is 13.2. The van der Waals surface area contributed by atoms with E-state index in [2.05, 4.69) is 6.92 Å². The Kier molecular flexibility index (Phi) is 10.3. The maximum Gasteiger partial charge on any atom is 0.338 e. The normalized spacial score (nSPS) is 11.6. The van der Waals surface area contributed by atoms with Crippen molar-refractivity contribution in [1.29, 1.82) is 0 Å². The van der Waals surface area contributed by atoms with Crippen LogP contribution in [0.15, 0.2) is 60.7 Å². The van der Waals surface area contributed by atoms with Crippen LogP contribution in [-0.4, -0.2) is 37.2 Å². The Bertz CT molecular complexity index is 763. The zero-order valence-electron chi connectivity index (χ0n) is 18.1. The van der Waals surface area contributed by atoms with Crippen LogP contribution < -0.4 is 0 Å². The van der Waals surface area contributed by atoms with Crippen molar-refractivity contribution < 1.29 is 28.6 Å². The van der Waals surface area contributed by atoms with Crippen LogP contribution in [0.25, 0.3) is 0 Å². The van der Waals surface area contributed by atoms with Gasteiger partial charge in [-0.2, -0.15) is 0 Å². The van der Waals surface area contributed by atoms with Gasteiger partial charge >= 0.3 is 17.9 Å². The minimum atomic E-state index is -0.886. The Morgan fingerprint density at radius 1 is 0.774 bits per heavy atom. The number of carbonyl (C=O) groups excluding carboxylic acids is 3. The summed E-state index contributed by atoms with van der Waals surface area (Å²) in [6.45, 7) is 3.59. The fourth-order valence-electron chi connectivity index (χ4n) is 2.97. The number of unbranched alkanes of at least 4 members (excludes halogenated alkanes) is 1. The molecule has 0 amide bonds. The second-order valence-electron chi connectivity index (χ2n) is 7.24. The van der Waals surface area contributed by atoms with Gasteiger partial charge in [0.05, 0.1) is 17.0 Å². The molecule has 0 aliphatic heterocycles. The van der Waals surface area contributed by atoms with Crippen molar-refractivity contribution in [3.8, 4) is 0 Å². The highest BCUT2D eigenvalue weighted by atomic mass is 16.6. The van der Waals surface area contributed by atoms with Gasteiger partial charge < -0.3 is 14.2 Å². The van der Waals surface area contributed by atoms with Crippen LogP contribution in [0.2, 0.25) is 0 Å². The summed E-state index contributed by atoms with van der Waals surface area (Å²) in [4.78, 5) is 37.1. The van der Waals surface area contributed by atoms with Crippen molar-refractivity contribution in [2.45, 2.75) is 45.6 Å². The summed E-state index contributed by atoms with van der Waals surface area (Å²) in [5, 5.41) is 0. The Morgan fingerprint density at radius 2 is 1.26 bits per heavy atom.